The van der Waals surface area contributed by atoms with Crippen molar-refractivity contribution in [3.05, 3.63) is 23.8 Å². The first-order valence-corrected chi connectivity index (χ1v) is 7.41. The van der Waals surface area contributed by atoms with Crippen LogP contribution >= 0.6 is 11.6 Å². The second-order valence-corrected chi connectivity index (χ2v) is 6.76. The molecular formula is C15H23ClN2. The molecule has 3 heteroatoms. The summed E-state index contributed by atoms with van der Waals surface area (Å²) in [5, 5.41) is 0. The Bertz CT molecular complexity index is 372. The van der Waals surface area contributed by atoms with E-state index >= 15 is 0 Å². The predicted octanol–water partition coefficient (Wildman–Crippen LogP) is 4.54. The molecule has 0 aromatic carbocycles. The first-order chi connectivity index (χ1) is 8.50. The minimum Gasteiger partial charge on any atom is -0.241 e. The average molecular weight is 267 g/mol. The third-order valence-electron chi connectivity index (χ3n) is 4.20. The summed E-state index contributed by atoms with van der Waals surface area (Å²) in [6.45, 7) is 7.05. The number of halogens is 1. The molecule has 1 aliphatic rings. The molecule has 1 saturated carbocycles. The van der Waals surface area contributed by atoms with Gasteiger partial charge in [-0.05, 0) is 37.0 Å². The second kappa shape index (κ2) is 5.56. The Kier molecular flexibility index (Phi) is 4.26. The topological polar surface area (TPSA) is 25.8 Å². The quantitative estimate of drug-likeness (QED) is 0.735. The number of nitrogens with zero attached hydrogens (tertiary/aromatic N) is 2. The summed E-state index contributed by atoms with van der Waals surface area (Å²) < 4.78 is 0. The molecule has 0 radical (unpaired) electrons. The number of rotatable bonds is 2. The van der Waals surface area contributed by atoms with E-state index in [0.717, 1.165) is 17.3 Å². The summed E-state index contributed by atoms with van der Waals surface area (Å²) in [4.78, 5) is 8.93. The van der Waals surface area contributed by atoms with Crippen LogP contribution in [0.5, 0.6) is 0 Å². The molecule has 0 amide bonds. The van der Waals surface area contributed by atoms with Crippen LogP contribution in [0.25, 0.3) is 0 Å². The van der Waals surface area contributed by atoms with Gasteiger partial charge in [0.2, 0.25) is 0 Å². The lowest BCUT2D eigenvalue weighted by Crippen LogP contribution is -2.25. The van der Waals surface area contributed by atoms with Crippen molar-refractivity contribution in [2.75, 3.05) is 0 Å². The van der Waals surface area contributed by atoms with E-state index in [1.54, 1.807) is 0 Å². The largest absolute Gasteiger partial charge is 0.241 e. The maximum Gasteiger partial charge on any atom is 0.131 e. The summed E-state index contributed by atoms with van der Waals surface area (Å²) in [5.74, 6) is 2.90. The van der Waals surface area contributed by atoms with Gasteiger partial charge in [0.25, 0.3) is 0 Å². The number of hydrogen-bond donors (Lipinski definition) is 0. The van der Waals surface area contributed by atoms with Crippen molar-refractivity contribution in [2.24, 2.45) is 11.3 Å². The van der Waals surface area contributed by atoms with Crippen molar-refractivity contribution >= 4 is 11.6 Å². The highest BCUT2D eigenvalue weighted by atomic mass is 35.5. The predicted molar refractivity (Wildman–Crippen MR) is 75.7 cm³/mol. The Hall–Kier alpha value is -0.630. The smallest absolute Gasteiger partial charge is 0.131 e. The molecule has 18 heavy (non-hydrogen) atoms. The molecule has 0 saturated heterocycles. The molecule has 1 aromatic heterocycles. The molecule has 0 aliphatic heterocycles. The van der Waals surface area contributed by atoms with Crippen LogP contribution in [-0.4, -0.2) is 9.97 Å². The van der Waals surface area contributed by atoms with E-state index in [1.165, 1.54) is 25.7 Å². The molecule has 2 nitrogen and oxygen atoms in total. The van der Waals surface area contributed by atoms with Gasteiger partial charge in [0.05, 0.1) is 5.88 Å². The standard InChI is InChI=1S/C15H23ClN2/c1-15(2,3)13-6-4-12(5-7-13)14-17-9-11(8-16)10-18-14/h9-10,12-13H,4-8H2,1-3H3. The van der Waals surface area contributed by atoms with Crippen LogP contribution in [0.4, 0.5) is 0 Å². The lowest BCUT2D eigenvalue weighted by Gasteiger charge is -2.36. The molecule has 0 N–H and O–H groups in total. The van der Waals surface area contributed by atoms with E-state index in [1.807, 2.05) is 12.4 Å². The fourth-order valence-corrected chi connectivity index (χ4v) is 3.00. The first kappa shape index (κ1) is 13.8. The summed E-state index contributed by atoms with van der Waals surface area (Å²) in [6.07, 6.45) is 8.78. The van der Waals surface area contributed by atoms with E-state index in [4.69, 9.17) is 11.6 Å². The Morgan fingerprint density at radius 3 is 2.11 bits per heavy atom. The second-order valence-electron chi connectivity index (χ2n) is 6.50. The molecule has 1 fully saturated rings. The summed E-state index contributed by atoms with van der Waals surface area (Å²) in [6, 6.07) is 0. The lowest BCUT2D eigenvalue weighted by atomic mass is 9.70. The fraction of sp³-hybridized carbons (Fsp3) is 0.733. The molecule has 0 unspecified atom stereocenters. The van der Waals surface area contributed by atoms with Crippen LogP contribution in [-0.2, 0) is 5.88 Å². The Morgan fingerprint density at radius 2 is 1.67 bits per heavy atom. The Morgan fingerprint density at radius 1 is 1.11 bits per heavy atom. The third-order valence-corrected chi connectivity index (χ3v) is 4.51. The normalized spacial score (nSPS) is 25.1. The van der Waals surface area contributed by atoms with Gasteiger partial charge in [0, 0.05) is 23.9 Å². The van der Waals surface area contributed by atoms with Gasteiger partial charge in [-0.2, -0.15) is 0 Å². The molecule has 0 atom stereocenters. The Labute approximate surface area is 115 Å². The van der Waals surface area contributed by atoms with Gasteiger partial charge < -0.3 is 0 Å². The number of hydrogen-bond acceptors (Lipinski definition) is 2. The monoisotopic (exact) mass is 266 g/mol. The van der Waals surface area contributed by atoms with Crippen molar-refractivity contribution in [3.63, 3.8) is 0 Å². The van der Waals surface area contributed by atoms with Crippen LogP contribution < -0.4 is 0 Å². The fourth-order valence-electron chi connectivity index (χ4n) is 2.86. The molecule has 100 valence electrons. The van der Waals surface area contributed by atoms with E-state index in [9.17, 15) is 0 Å². The van der Waals surface area contributed by atoms with Crippen molar-refractivity contribution in [2.45, 2.75) is 58.3 Å². The van der Waals surface area contributed by atoms with Crippen LogP contribution in [0, 0.1) is 11.3 Å². The molecule has 1 heterocycles. The maximum absolute atomic E-state index is 5.75. The zero-order valence-electron chi connectivity index (χ0n) is 11.6. The molecule has 1 aromatic rings. The molecule has 0 bridgehead atoms. The van der Waals surface area contributed by atoms with Gasteiger partial charge in [-0.25, -0.2) is 9.97 Å². The van der Waals surface area contributed by atoms with Crippen LogP contribution in [0.3, 0.4) is 0 Å². The van der Waals surface area contributed by atoms with Crippen LogP contribution in [0.1, 0.15) is 63.8 Å². The SMILES string of the molecule is CC(C)(C)C1CCC(c2ncc(CCl)cn2)CC1. The summed E-state index contributed by atoms with van der Waals surface area (Å²) >= 11 is 5.75. The van der Waals surface area contributed by atoms with E-state index in [2.05, 4.69) is 30.7 Å². The highest BCUT2D eigenvalue weighted by Gasteiger charge is 2.30. The zero-order chi connectivity index (χ0) is 13.2. The van der Waals surface area contributed by atoms with Crippen molar-refractivity contribution < 1.29 is 0 Å². The summed E-state index contributed by atoms with van der Waals surface area (Å²) in [5.41, 5.74) is 1.44. The van der Waals surface area contributed by atoms with Gasteiger partial charge >= 0.3 is 0 Å². The van der Waals surface area contributed by atoms with Gasteiger partial charge in [-0.3, -0.25) is 0 Å². The molecular weight excluding hydrogens is 244 g/mol. The highest BCUT2D eigenvalue weighted by molar-refractivity contribution is 6.17. The van der Waals surface area contributed by atoms with Crippen molar-refractivity contribution in [3.8, 4) is 0 Å². The van der Waals surface area contributed by atoms with Gasteiger partial charge in [-0.1, -0.05) is 20.8 Å². The van der Waals surface area contributed by atoms with E-state index in [0.29, 0.717) is 17.2 Å². The minimum absolute atomic E-state index is 0.439. The highest BCUT2D eigenvalue weighted by Crippen LogP contribution is 2.42. The zero-order valence-corrected chi connectivity index (χ0v) is 12.4. The maximum atomic E-state index is 5.75. The number of aromatic nitrogens is 2. The van der Waals surface area contributed by atoms with Gasteiger partial charge in [0.1, 0.15) is 5.82 Å². The van der Waals surface area contributed by atoms with Crippen molar-refractivity contribution in [1.29, 1.82) is 0 Å². The third kappa shape index (κ3) is 3.23. The first-order valence-electron chi connectivity index (χ1n) is 6.87. The Balaban J connectivity index is 1.96. The lowest BCUT2D eigenvalue weighted by molar-refractivity contribution is 0.167. The molecule has 2 rings (SSSR count). The molecule has 0 spiro atoms. The van der Waals surface area contributed by atoms with Crippen LogP contribution in [0.2, 0.25) is 0 Å². The van der Waals surface area contributed by atoms with Gasteiger partial charge in [-0.15, -0.1) is 11.6 Å². The van der Waals surface area contributed by atoms with Crippen molar-refractivity contribution in [1.82, 2.24) is 9.97 Å². The van der Waals surface area contributed by atoms with E-state index < -0.39 is 0 Å². The van der Waals surface area contributed by atoms with E-state index in [-0.39, 0.29) is 0 Å². The molecule has 1 aliphatic carbocycles. The van der Waals surface area contributed by atoms with Crippen LogP contribution in [0.15, 0.2) is 12.4 Å². The van der Waals surface area contributed by atoms with Gasteiger partial charge in [0.15, 0.2) is 0 Å². The number of alkyl halides is 1. The summed E-state index contributed by atoms with van der Waals surface area (Å²) in [7, 11) is 0. The average Bonchev–Trinajstić information content (AvgIpc) is 2.38. The minimum atomic E-state index is 0.439.